The van der Waals surface area contributed by atoms with Gasteiger partial charge in [0.1, 0.15) is 5.75 Å². The third-order valence-corrected chi connectivity index (χ3v) is 2.38. The van der Waals surface area contributed by atoms with Crippen LogP contribution in [0.5, 0.6) is 5.75 Å². The summed E-state index contributed by atoms with van der Waals surface area (Å²) in [5, 5.41) is 0. The summed E-state index contributed by atoms with van der Waals surface area (Å²) in [7, 11) is 1.64. The Kier molecular flexibility index (Phi) is 2.97. The second-order valence-corrected chi connectivity index (χ2v) is 3.87. The molecular formula is C11H9BrN2O. The standard InChI is InChI=1S/C11H9BrN2O/c1-15-10-4-2-8(3-5-10)11-13-6-9(12)7-14-11/h2-7H,1H3. The zero-order valence-corrected chi connectivity index (χ0v) is 9.73. The average Bonchev–Trinajstić information content (AvgIpc) is 2.30. The highest BCUT2D eigenvalue weighted by molar-refractivity contribution is 9.10. The van der Waals surface area contributed by atoms with E-state index in [1.165, 1.54) is 0 Å². The van der Waals surface area contributed by atoms with Gasteiger partial charge in [0.15, 0.2) is 5.82 Å². The van der Waals surface area contributed by atoms with Gasteiger partial charge in [-0.3, -0.25) is 0 Å². The van der Waals surface area contributed by atoms with Crippen LogP contribution < -0.4 is 4.74 Å². The summed E-state index contributed by atoms with van der Waals surface area (Å²) in [5.41, 5.74) is 0.975. The molecule has 4 heteroatoms. The zero-order valence-electron chi connectivity index (χ0n) is 8.14. The Morgan fingerprint density at radius 2 is 1.67 bits per heavy atom. The summed E-state index contributed by atoms with van der Waals surface area (Å²) in [6, 6.07) is 7.64. The summed E-state index contributed by atoms with van der Waals surface area (Å²) < 4.78 is 5.95. The number of aromatic nitrogens is 2. The number of benzene rings is 1. The van der Waals surface area contributed by atoms with E-state index < -0.39 is 0 Å². The number of ether oxygens (including phenoxy) is 1. The van der Waals surface area contributed by atoms with Crippen LogP contribution >= 0.6 is 15.9 Å². The van der Waals surface area contributed by atoms with Gasteiger partial charge < -0.3 is 4.74 Å². The van der Waals surface area contributed by atoms with Gasteiger partial charge in [0.25, 0.3) is 0 Å². The Bertz CT molecular complexity index is 439. The quantitative estimate of drug-likeness (QED) is 0.837. The van der Waals surface area contributed by atoms with Gasteiger partial charge in [-0.25, -0.2) is 9.97 Å². The summed E-state index contributed by atoms with van der Waals surface area (Å²) in [4.78, 5) is 8.41. The fourth-order valence-corrected chi connectivity index (χ4v) is 1.41. The lowest BCUT2D eigenvalue weighted by Crippen LogP contribution is -1.88. The van der Waals surface area contributed by atoms with Crippen molar-refractivity contribution in [2.24, 2.45) is 0 Å². The SMILES string of the molecule is COc1ccc(-c2ncc(Br)cn2)cc1. The Morgan fingerprint density at radius 3 is 2.20 bits per heavy atom. The first-order valence-corrected chi connectivity index (χ1v) is 5.21. The smallest absolute Gasteiger partial charge is 0.159 e. The first kappa shape index (κ1) is 10.1. The van der Waals surface area contributed by atoms with Crippen molar-refractivity contribution < 1.29 is 4.74 Å². The van der Waals surface area contributed by atoms with Gasteiger partial charge in [0, 0.05) is 18.0 Å². The number of hydrogen-bond acceptors (Lipinski definition) is 3. The van der Waals surface area contributed by atoms with Gasteiger partial charge in [-0.15, -0.1) is 0 Å². The van der Waals surface area contributed by atoms with Crippen LogP contribution in [0, 0.1) is 0 Å². The maximum Gasteiger partial charge on any atom is 0.159 e. The third-order valence-electron chi connectivity index (χ3n) is 1.97. The largest absolute Gasteiger partial charge is 0.497 e. The number of rotatable bonds is 2. The minimum atomic E-state index is 0.709. The van der Waals surface area contributed by atoms with E-state index in [0.717, 1.165) is 15.8 Å². The van der Waals surface area contributed by atoms with Crippen molar-refractivity contribution in [1.29, 1.82) is 0 Å². The molecule has 1 heterocycles. The van der Waals surface area contributed by atoms with Crippen LogP contribution in [0.1, 0.15) is 0 Å². The maximum atomic E-state index is 5.08. The van der Waals surface area contributed by atoms with Crippen molar-refractivity contribution in [3.8, 4) is 17.1 Å². The van der Waals surface area contributed by atoms with Gasteiger partial charge >= 0.3 is 0 Å². The van der Waals surface area contributed by atoms with Gasteiger partial charge in [-0.05, 0) is 40.2 Å². The molecule has 15 heavy (non-hydrogen) atoms. The fraction of sp³-hybridized carbons (Fsp3) is 0.0909. The maximum absolute atomic E-state index is 5.08. The molecule has 0 bridgehead atoms. The van der Waals surface area contributed by atoms with Crippen molar-refractivity contribution in [1.82, 2.24) is 9.97 Å². The van der Waals surface area contributed by atoms with Gasteiger partial charge in [-0.1, -0.05) is 0 Å². The number of methoxy groups -OCH3 is 1. The monoisotopic (exact) mass is 264 g/mol. The van der Waals surface area contributed by atoms with Crippen molar-refractivity contribution in [2.45, 2.75) is 0 Å². The predicted octanol–water partition coefficient (Wildman–Crippen LogP) is 2.91. The molecule has 1 aromatic heterocycles. The van der Waals surface area contributed by atoms with Crippen LogP contribution in [0.25, 0.3) is 11.4 Å². The molecule has 0 aliphatic rings. The van der Waals surface area contributed by atoms with Crippen LogP contribution in [0.2, 0.25) is 0 Å². The Labute approximate surface area is 96.3 Å². The lowest BCUT2D eigenvalue weighted by Gasteiger charge is -2.01. The molecule has 0 aliphatic carbocycles. The van der Waals surface area contributed by atoms with Crippen LogP contribution in [0.15, 0.2) is 41.1 Å². The molecular weight excluding hydrogens is 256 g/mol. The van der Waals surface area contributed by atoms with Gasteiger partial charge in [-0.2, -0.15) is 0 Å². The van der Waals surface area contributed by atoms with E-state index in [2.05, 4.69) is 25.9 Å². The van der Waals surface area contributed by atoms with Crippen LogP contribution in [-0.4, -0.2) is 17.1 Å². The predicted molar refractivity (Wildman–Crippen MR) is 61.7 cm³/mol. The molecule has 0 saturated heterocycles. The van der Waals surface area contributed by atoms with Gasteiger partial charge in [0.05, 0.1) is 11.6 Å². The van der Waals surface area contributed by atoms with E-state index in [1.807, 2.05) is 24.3 Å². The summed E-state index contributed by atoms with van der Waals surface area (Å²) in [6.07, 6.45) is 3.46. The average molecular weight is 265 g/mol. The molecule has 2 aromatic rings. The topological polar surface area (TPSA) is 35.0 Å². The number of nitrogens with zero attached hydrogens (tertiary/aromatic N) is 2. The van der Waals surface area contributed by atoms with E-state index in [0.29, 0.717) is 5.82 Å². The minimum absolute atomic E-state index is 0.709. The Morgan fingerprint density at radius 1 is 1.07 bits per heavy atom. The molecule has 0 atom stereocenters. The normalized spacial score (nSPS) is 10.0. The molecule has 0 spiro atoms. The first-order valence-electron chi connectivity index (χ1n) is 4.41. The van der Waals surface area contributed by atoms with E-state index in [9.17, 15) is 0 Å². The zero-order chi connectivity index (χ0) is 10.7. The van der Waals surface area contributed by atoms with Crippen LogP contribution in [0.4, 0.5) is 0 Å². The molecule has 3 nitrogen and oxygen atoms in total. The first-order chi connectivity index (χ1) is 7.29. The van der Waals surface area contributed by atoms with Crippen molar-refractivity contribution in [3.63, 3.8) is 0 Å². The number of hydrogen-bond donors (Lipinski definition) is 0. The molecule has 1 aromatic carbocycles. The number of halogens is 1. The summed E-state index contributed by atoms with van der Waals surface area (Å²) in [5.74, 6) is 1.54. The highest BCUT2D eigenvalue weighted by Crippen LogP contribution is 2.19. The molecule has 0 radical (unpaired) electrons. The van der Waals surface area contributed by atoms with Crippen molar-refractivity contribution >= 4 is 15.9 Å². The molecule has 0 amide bonds. The second kappa shape index (κ2) is 4.40. The van der Waals surface area contributed by atoms with E-state index in [1.54, 1.807) is 19.5 Å². The second-order valence-electron chi connectivity index (χ2n) is 2.95. The lowest BCUT2D eigenvalue weighted by atomic mass is 10.2. The van der Waals surface area contributed by atoms with E-state index >= 15 is 0 Å². The lowest BCUT2D eigenvalue weighted by molar-refractivity contribution is 0.415. The highest BCUT2D eigenvalue weighted by Gasteiger charge is 2.00. The third kappa shape index (κ3) is 2.33. The molecule has 0 N–H and O–H groups in total. The Hall–Kier alpha value is -1.42. The minimum Gasteiger partial charge on any atom is -0.497 e. The Balaban J connectivity index is 2.33. The summed E-state index contributed by atoms with van der Waals surface area (Å²) >= 11 is 3.30. The molecule has 0 aliphatic heterocycles. The molecule has 76 valence electrons. The van der Waals surface area contributed by atoms with E-state index in [-0.39, 0.29) is 0 Å². The van der Waals surface area contributed by atoms with Crippen LogP contribution in [0.3, 0.4) is 0 Å². The van der Waals surface area contributed by atoms with Crippen LogP contribution in [-0.2, 0) is 0 Å². The summed E-state index contributed by atoms with van der Waals surface area (Å²) in [6.45, 7) is 0. The molecule has 0 saturated carbocycles. The van der Waals surface area contributed by atoms with Crippen molar-refractivity contribution in [3.05, 3.63) is 41.1 Å². The molecule has 2 rings (SSSR count). The van der Waals surface area contributed by atoms with Crippen molar-refractivity contribution in [2.75, 3.05) is 7.11 Å². The molecule has 0 unspecified atom stereocenters. The molecule has 0 fully saturated rings. The van der Waals surface area contributed by atoms with E-state index in [4.69, 9.17) is 4.74 Å². The van der Waals surface area contributed by atoms with Gasteiger partial charge in [0.2, 0.25) is 0 Å². The fourth-order valence-electron chi connectivity index (χ4n) is 1.20. The highest BCUT2D eigenvalue weighted by atomic mass is 79.9.